The minimum absolute atomic E-state index is 0.173. The molecule has 5 aromatic rings. The Bertz CT molecular complexity index is 1550. The molecule has 37 heavy (non-hydrogen) atoms. The molecule has 0 aromatic heterocycles. The van der Waals surface area contributed by atoms with Crippen molar-refractivity contribution < 1.29 is 9.68 Å². The van der Waals surface area contributed by atoms with Gasteiger partial charge in [0.05, 0.1) is 0 Å². The second-order valence-electron chi connectivity index (χ2n) is 9.99. The lowest BCUT2D eigenvalue weighted by molar-refractivity contribution is 0.424. The zero-order valence-electron chi connectivity index (χ0n) is 21.0. The molecule has 0 atom stereocenters. The van der Waals surface area contributed by atoms with Crippen LogP contribution >= 0.6 is 0 Å². The summed E-state index contributed by atoms with van der Waals surface area (Å²) in [6.07, 6.45) is 0. The van der Waals surface area contributed by atoms with Crippen LogP contribution in [0.3, 0.4) is 0 Å². The molecule has 6 rings (SSSR count). The van der Waals surface area contributed by atoms with E-state index in [9.17, 15) is 5.02 Å². The quantitative estimate of drug-likeness (QED) is 0.243. The summed E-state index contributed by atoms with van der Waals surface area (Å²) in [5.74, 6) is 0.605. The largest absolute Gasteiger partial charge is 0.659 e. The zero-order chi connectivity index (χ0) is 25.4. The Morgan fingerprint density at radius 3 is 1.95 bits per heavy atom. The van der Waals surface area contributed by atoms with Crippen molar-refractivity contribution in [2.45, 2.75) is 19.3 Å². The first kappa shape index (κ1) is 23.1. The van der Waals surface area contributed by atoms with Crippen LogP contribution in [0.1, 0.15) is 25.0 Å². The van der Waals surface area contributed by atoms with Crippen molar-refractivity contribution in [3.8, 4) is 39.1 Å². The summed E-state index contributed by atoms with van der Waals surface area (Å²) in [4.78, 5) is 0. The van der Waals surface area contributed by atoms with Crippen molar-refractivity contribution in [2.24, 2.45) is 0 Å². The van der Waals surface area contributed by atoms with Gasteiger partial charge < -0.3 is 14.9 Å². The van der Waals surface area contributed by atoms with Gasteiger partial charge in [0.25, 0.3) is 0 Å². The van der Waals surface area contributed by atoms with Crippen LogP contribution in [0.25, 0.3) is 33.4 Å². The second kappa shape index (κ2) is 9.31. The maximum Gasteiger partial charge on any atom is 0.659 e. The normalized spacial score (nSPS) is 12.9. The lowest BCUT2D eigenvalue weighted by atomic mass is 9.81. The highest BCUT2D eigenvalue weighted by Gasteiger charge is 2.37. The van der Waals surface area contributed by atoms with E-state index in [4.69, 9.17) is 4.65 Å². The Kier molecular flexibility index (Phi) is 5.82. The monoisotopic (exact) mass is 481 g/mol. The van der Waals surface area contributed by atoms with Gasteiger partial charge in [0, 0.05) is 11.1 Å². The standard InChI is InChI=1S/C33H28BNO2/c1-33(2)30-16-10-9-15-28(30)32-29(25-19-17-24(18-20-25)23-11-5-3-6-12-23)21-26(22-31(32)33)35-34(36)37-27-13-7-4-8-14-27/h3-22,35-36H,1-2H3. The Hall–Kier alpha value is -4.28. The van der Waals surface area contributed by atoms with Crippen molar-refractivity contribution in [3.63, 3.8) is 0 Å². The number of para-hydroxylation sites is 1. The van der Waals surface area contributed by atoms with Crippen LogP contribution < -0.4 is 9.88 Å². The number of anilines is 1. The van der Waals surface area contributed by atoms with Gasteiger partial charge in [0.1, 0.15) is 5.75 Å². The summed E-state index contributed by atoms with van der Waals surface area (Å²) in [5, 5.41) is 13.9. The predicted octanol–water partition coefficient (Wildman–Crippen LogP) is 7.80. The van der Waals surface area contributed by atoms with Crippen molar-refractivity contribution in [1.82, 2.24) is 0 Å². The van der Waals surface area contributed by atoms with Crippen LogP contribution in [0.15, 0.2) is 121 Å². The third kappa shape index (κ3) is 4.30. The Morgan fingerprint density at radius 2 is 1.22 bits per heavy atom. The van der Waals surface area contributed by atoms with E-state index in [-0.39, 0.29) is 5.41 Å². The molecule has 0 fully saturated rings. The molecular weight excluding hydrogens is 453 g/mol. The highest BCUT2D eigenvalue weighted by atomic mass is 16.5. The van der Waals surface area contributed by atoms with Gasteiger partial charge in [-0.1, -0.05) is 111 Å². The molecule has 180 valence electrons. The average molecular weight is 481 g/mol. The van der Waals surface area contributed by atoms with Crippen molar-refractivity contribution in [1.29, 1.82) is 0 Å². The first-order chi connectivity index (χ1) is 18.0. The SMILES string of the molecule is CC1(C)c2ccccc2-c2c(-c3ccc(-c4ccccc4)cc3)cc(NB(O)Oc3ccccc3)cc21. The molecule has 0 radical (unpaired) electrons. The molecule has 0 spiro atoms. The second-order valence-corrected chi connectivity index (χ2v) is 9.99. The number of rotatable bonds is 6. The highest BCUT2D eigenvalue weighted by Crippen LogP contribution is 2.53. The fourth-order valence-electron chi connectivity index (χ4n) is 5.40. The molecule has 2 N–H and O–H groups in total. The minimum Gasteiger partial charge on any atom is -0.518 e. The third-order valence-corrected chi connectivity index (χ3v) is 7.27. The first-order valence-corrected chi connectivity index (χ1v) is 12.6. The molecule has 1 aliphatic rings. The lowest BCUT2D eigenvalue weighted by Crippen LogP contribution is -2.32. The fourth-order valence-corrected chi connectivity index (χ4v) is 5.40. The Morgan fingerprint density at radius 1 is 0.622 bits per heavy atom. The number of fused-ring (bicyclic) bond motifs is 3. The minimum atomic E-state index is -1.18. The van der Waals surface area contributed by atoms with E-state index in [1.54, 1.807) is 0 Å². The van der Waals surface area contributed by atoms with Gasteiger partial charge in [-0.05, 0) is 68.8 Å². The molecule has 0 heterocycles. The number of benzene rings is 5. The third-order valence-electron chi connectivity index (χ3n) is 7.27. The first-order valence-electron chi connectivity index (χ1n) is 12.6. The highest BCUT2D eigenvalue weighted by molar-refractivity contribution is 6.48. The number of nitrogens with one attached hydrogen (secondary N) is 1. The lowest BCUT2D eigenvalue weighted by Gasteiger charge is -2.23. The molecule has 4 heteroatoms. The maximum absolute atomic E-state index is 10.7. The van der Waals surface area contributed by atoms with E-state index in [0.29, 0.717) is 5.75 Å². The van der Waals surface area contributed by atoms with Gasteiger partial charge >= 0.3 is 7.25 Å². The molecule has 0 saturated carbocycles. The van der Waals surface area contributed by atoms with Crippen LogP contribution in [0.5, 0.6) is 5.75 Å². The van der Waals surface area contributed by atoms with Crippen LogP contribution in [0.4, 0.5) is 5.69 Å². The summed E-state index contributed by atoms with van der Waals surface area (Å²) in [7, 11) is -1.18. The van der Waals surface area contributed by atoms with Crippen LogP contribution in [-0.2, 0) is 5.41 Å². The molecular formula is C33H28BNO2. The predicted molar refractivity (Wildman–Crippen MR) is 154 cm³/mol. The fraction of sp³-hybridized carbons (Fsp3) is 0.0909. The van der Waals surface area contributed by atoms with Crippen LogP contribution in [0.2, 0.25) is 0 Å². The van der Waals surface area contributed by atoms with Gasteiger partial charge in [-0.25, -0.2) is 0 Å². The van der Waals surface area contributed by atoms with Gasteiger partial charge in [-0.15, -0.1) is 0 Å². The molecule has 0 bridgehead atoms. The van der Waals surface area contributed by atoms with Gasteiger partial charge in [0.2, 0.25) is 0 Å². The summed E-state index contributed by atoms with van der Waals surface area (Å²) < 4.78 is 5.71. The van der Waals surface area contributed by atoms with E-state index in [1.807, 2.05) is 36.4 Å². The Labute approximate surface area is 218 Å². The average Bonchev–Trinajstić information content (AvgIpc) is 3.16. The number of hydrogen-bond donors (Lipinski definition) is 2. The van der Waals surface area contributed by atoms with E-state index in [2.05, 4.69) is 104 Å². The molecule has 0 saturated heterocycles. The molecule has 1 aliphatic carbocycles. The maximum atomic E-state index is 10.7. The Balaban J connectivity index is 1.44. The van der Waals surface area contributed by atoms with E-state index in [0.717, 1.165) is 16.8 Å². The molecule has 3 nitrogen and oxygen atoms in total. The molecule has 5 aromatic carbocycles. The molecule has 0 aliphatic heterocycles. The molecule has 0 unspecified atom stereocenters. The van der Waals surface area contributed by atoms with Crippen LogP contribution in [-0.4, -0.2) is 12.3 Å². The van der Waals surface area contributed by atoms with Gasteiger partial charge in [0.15, 0.2) is 0 Å². The van der Waals surface area contributed by atoms with Crippen molar-refractivity contribution in [2.75, 3.05) is 5.23 Å². The van der Waals surface area contributed by atoms with Gasteiger partial charge in [-0.2, -0.15) is 0 Å². The smallest absolute Gasteiger partial charge is 0.518 e. The topological polar surface area (TPSA) is 41.5 Å². The van der Waals surface area contributed by atoms with E-state index >= 15 is 0 Å². The van der Waals surface area contributed by atoms with Crippen LogP contribution in [0, 0.1) is 0 Å². The summed E-state index contributed by atoms with van der Waals surface area (Å²) in [5.41, 5.74) is 10.3. The van der Waals surface area contributed by atoms with E-state index in [1.165, 1.54) is 33.4 Å². The van der Waals surface area contributed by atoms with E-state index < -0.39 is 7.25 Å². The summed E-state index contributed by atoms with van der Waals surface area (Å²) >= 11 is 0. The van der Waals surface area contributed by atoms with Crippen molar-refractivity contribution in [3.05, 3.63) is 132 Å². The van der Waals surface area contributed by atoms with Crippen molar-refractivity contribution >= 4 is 12.9 Å². The zero-order valence-corrected chi connectivity index (χ0v) is 21.0. The summed E-state index contributed by atoms with van der Waals surface area (Å²) in [6, 6.07) is 41.4. The summed E-state index contributed by atoms with van der Waals surface area (Å²) in [6.45, 7) is 4.53. The van der Waals surface area contributed by atoms with Gasteiger partial charge in [-0.3, -0.25) is 0 Å². The number of hydrogen-bond acceptors (Lipinski definition) is 3. The molecule has 0 amide bonds.